The van der Waals surface area contributed by atoms with Gasteiger partial charge in [-0.2, -0.15) is 0 Å². The van der Waals surface area contributed by atoms with Gasteiger partial charge in [-0.15, -0.1) is 0 Å². The molecule has 0 aliphatic carbocycles. The first-order valence-corrected chi connectivity index (χ1v) is 11.0. The number of ketones is 1. The second kappa shape index (κ2) is 7.14. The van der Waals surface area contributed by atoms with Gasteiger partial charge in [0.15, 0.2) is 5.78 Å². The van der Waals surface area contributed by atoms with Crippen molar-refractivity contribution in [3.63, 3.8) is 0 Å². The molecule has 0 aromatic heterocycles. The molecule has 2 heterocycles. The van der Waals surface area contributed by atoms with E-state index in [2.05, 4.69) is 5.32 Å². The molecule has 2 aliphatic heterocycles. The van der Waals surface area contributed by atoms with Crippen LogP contribution in [0, 0.1) is 0 Å². The number of hydrogen-bond acceptors (Lipinski definition) is 5. The van der Waals surface area contributed by atoms with Crippen LogP contribution in [0.25, 0.3) is 0 Å². The average Bonchev–Trinajstić information content (AvgIpc) is 3.24. The van der Waals surface area contributed by atoms with Crippen molar-refractivity contribution in [2.75, 3.05) is 19.6 Å². The van der Waals surface area contributed by atoms with Gasteiger partial charge < -0.3 is 10.2 Å². The molecule has 0 spiro atoms. The Labute approximate surface area is 164 Å². The van der Waals surface area contributed by atoms with E-state index in [-0.39, 0.29) is 38.7 Å². The van der Waals surface area contributed by atoms with Gasteiger partial charge in [-0.1, -0.05) is 19.1 Å². The van der Waals surface area contributed by atoms with Crippen molar-refractivity contribution in [3.05, 3.63) is 59.2 Å². The van der Waals surface area contributed by atoms with Gasteiger partial charge in [0.05, 0.1) is 9.79 Å². The summed E-state index contributed by atoms with van der Waals surface area (Å²) in [4.78, 5) is 27.7. The highest BCUT2D eigenvalue weighted by molar-refractivity contribution is 7.91. The summed E-state index contributed by atoms with van der Waals surface area (Å²) in [5, 5.41) is 3.26. The molecule has 2 aromatic rings. The molecular formula is C21H22N2O4S. The molecule has 0 saturated carbocycles. The Morgan fingerprint density at radius 3 is 2.61 bits per heavy atom. The molecule has 28 heavy (non-hydrogen) atoms. The number of nitrogens with zero attached hydrogens (tertiary/aromatic N) is 1. The molecule has 2 aromatic carbocycles. The number of nitrogens with one attached hydrogen (secondary N) is 1. The van der Waals surface area contributed by atoms with E-state index in [1.54, 1.807) is 18.2 Å². The zero-order valence-electron chi connectivity index (χ0n) is 15.6. The SMILES string of the molecule is CCCN(C(=O)c1ccc2c(c1)S(=O)(=O)c1ccccc1C2=O)C1CCNC1. The standard InChI is InChI=1S/C21H22N2O4S/c1-2-11-23(15-9-10-22-13-15)21(25)14-7-8-17-19(12-14)28(26,27)18-6-4-3-5-16(18)20(17)24/h3-8,12,15,22H,2,9-11,13H2,1H3. The Morgan fingerprint density at radius 2 is 1.89 bits per heavy atom. The molecular weight excluding hydrogens is 376 g/mol. The van der Waals surface area contributed by atoms with Crippen LogP contribution in [0.15, 0.2) is 52.3 Å². The number of sulfone groups is 1. The predicted octanol–water partition coefficient (Wildman–Crippen LogP) is 2.28. The minimum atomic E-state index is -3.85. The van der Waals surface area contributed by atoms with E-state index in [0.717, 1.165) is 25.9 Å². The summed E-state index contributed by atoms with van der Waals surface area (Å²) in [6.07, 6.45) is 1.69. The van der Waals surface area contributed by atoms with Gasteiger partial charge in [0.2, 0.25) is 9.84 Å². The zero-order valence-corrected chi connectivity index (χ0v) is 16.5. The molecule has 7 heteroatoms. The summed E-state index contributed by atoms with van der Waals surface area (Å²) < 4.78 is 26.2. The lowest BCUT2D eigenvalue weighted by molar-refractivity contribution is 0.0691. The number of rotatable bonds is 4. The summed E-state index contributed by atoms with van der Waals surface area (Å²) in [7, 11) is -3.85. The summed E-state index contributed by atoms with van der Waals surface area (Å²) in [6, 6.07) is 10.7. The number of fused-ring (bicyclic) bond motifs is 2. The molecule has 0 bridgehead atoms. The quantitative estimate of drug-likeness (QED) is 0.729. The molecule has 1 saturated heterocycles. The van der Waals surface area contributed by atoms with Crippen molar-refractivity contribution in [1.29, 1.82) is 0 Å². The van der Waals surface area contributed by atoms with Gasteiger partial charge in [-0.05, 0) is 49.7 Å². The van der Waals surface area contributed by atoms with Crippen LogP contribution in [0.3, 0.4) is 0 Å². The number of amides is 1. The summed E-state index contributed by atoms with van der Waals surface area (Å²) in [5.74, 6) is -0.523. The van der Waals surface area contributed by atoms with Crippen molar-refractivity contribution in [1.82, 2.24) is 10.2 Å². The maximum Gasteiger partial charge on any atom is 0.254 e. The van der Waals surface area contributed by atoms with E-state index in [0.29, 0.717) is 12.1 Å². The molecule has 146 valence electrons. The molecule has 1 fully saturated rings. The highest BCUT2D eigenvalue weighted by Crippen LogP contribution is 2.35. The fourth-order valence-electron chi connectivity index (χ4n) is 3.98. The fourth-order valence-corrected chi connectivity index (χ4v) is 5.66. The van der Waals surface area contributed by atoms with Crippen molar-refractivity contribution < 1.29 is 18.0 Å². The smallest absolute Gasteiger partial charge is 0.254 e. The van der Waals surface area contributed by atoms with Crippen LogP contribution >= 0.6 is 0 Å². The predicted molar refractivity (Wildman–Crippen MR) is 104 cm³/mol. The number of benzene rings is 2. The Kier molecular flexibility index (Phi) is 4.81. The molecule has 2 aliphatic rings. The van der Waals surface area contributed by atoms with E-state index in [1.165, 1.54) is 24.3 Å². The molecule has 6 nitrogen and oxygen atoms in total. The third-order valence-electron chi connectivity index (χ3n) is 5.38. The van der Waals surface area contributed by atoms with Gasteiger partial charge >= 0.3 is 0 Å². The summed E-state index contributed by atoms with van der Waals surface area (Å²) in [5.41, 5.74) is 0.605. The van der Waals surface area contributed by atoms with Crippen LogP contribution in [0.4, 0.5) is 0 Å². The van der Waals surface area contributed by atoms with Gasteiger partial charge in [0.1, 0.15) is 0 Å². The average molecular weight is 398 g/mol. The van der Waals surface area contributed by atoms with Gasteiger partial charge in [0, 0.05) is 35.8 Å². The zero-order chi connectivity index (χ0) is 19.9. The van der Waals surface area contributed by atoms with Crippen LogP contribution in [0.5, 0.6) is 0 Å². The summed E-state index contributed by atoms with van der Waals surface area (Å²) >= 11 is 0. The first kappa shape index (κ1) is 18.8. The number of carbonyl (C=O) groups is 2. The Bertz CT molecular complexity index is 1060. The Balaban J connectivity index is 1.77. The van der Waals surface area contributed by atoms with Crippen LogP contribution in [-0.4, -0.2) is 50.7 Å². The molecule has 0 radical (unpaired) electrons. The molecule has 1 unspecified atom stereocenters. The second-order valence-electron chi connectivity index (χ2n) is 7.18. The Hall–Kier alpha value is -2.51. The normalized spacial score (nSPS) is 19.8. The largest absolute Gasteiger partial charge is 0.334 e. The van der Waals surface area contributed by atoms with E-state index in [9.17, 15) is 18.0 Å². The highest BCUT2D eigenvalue weighted by atomic mass is 32.2. The van der Waals surface area contributed by atoms with Gasteiger partial charge in [0.25, 0.3) is 5.91 Å². The lowest BCUT2D eigenvalue weighted by atomic mass is 10.0. The monoisotopic (exact) mass is 398 g/mol. The molecule has 1 amide bonds. The van der Waals surface area contributed by atoms with Crippen molar-refractivity contribution in [3.8, 4) is 0 Å². The van der Waals surface area contributed by atoms with Crippen LogP contribution in [0.1, 0.15) is 46.0 Å². The van der Waals surface area contributed by atoms with Crippen LogP contribution < -0.4 is 5.32 Å². The maximum atomic E-state index is 13.2. The second-order valence-corrected chi connectivity index (χ2v) is 9.07. The van der Waals surface area contributed by atoms with Crippen molar-refractivity contribution >= 4 is 21.5 Å². The van der Waals surface area contributed by atoms with Crippen molar-refractivity contribution in [2.24, 2.45) is 0 Å². The topological polar surface area (TPSA) is 83.6 Å². The summed E-state index contributed by atoms with van der Waals surface area (Å²) in [6.45, 7) is 4.22. The van der Waals surface area contributed by atoms with Crippen LogP contribution in [-0.2, 0) is 9.84 Å². The third-order valence-corrected chi connectivity index (χ3v) is 7.24. The van der Waals surface area contributed by atoms with E-state index in [4.69, 9.17) is 0 Å². The Morgan fingerprint density at radius 1 is 1.14 bits per heavy atom. The maximum absolute atomic E-state index is 13.2. The van der Waals surface area contributed by atoms with E-state index < -0.39 is 9.84 Å². The lowest BCUT2D eigenvalue weighted by Gasteiger charge is -2.29. The van der Waals surface area contributed by atoms with Gasteiger partial charge in [-0.3, -0.25) is 9.59 Å². The van der Waals surface area contributed by atoms with E-state index in [1.807, 2.05) is 11.8 Å². The van der Waals surface area contributed by atoms with Gasteiger partial charge in [-0.25, -0.2) is 8.42 Å². The molecule has 4 rings (SSSR count). The van der Waals surface area contributed by atoms with Crippen molar-refractivity contribution in [2.45, 2.75) is 35.6 Å². The number of carbonyl (C=O) groups excluding carboxylic acids is 2. The minimum absolute atomic E-state index is 0.00232. The van der Waals surface area contributed by atoms with Crippen LogP contribution in [0.2, 0.25) is 0 Å². The first-order chi connectivity index (χ1) is 13.4. The van der Waals surface area contributed by atoms with E-state index >= 15 is 0 Å². The fraction of sp³-hybridized carbons (Fsp3) is 0.333. The molecule has 1 atom stereocenters. The third kappa shape index (κ3) is 2.95. The lowest BCUT2D eigenvalue weighted by Crippen LogP contribution is -2.42. The number of hydrogen-bond donors (Lipinski definition) is 1. The minimum Gasteiger partial charge on any atom is -0.334 e. The highest BCUT2D eigenvalue weighted by Gasteiger charge is 2.36. The molecule has 1 N–H and O–H groups in total. The first-order valence-electron chi connectivity index (χ1n) is 9.49.